The SMILES string of the molecule is c1ccc(-c2nc(-c3ccc4ccc(-c5ccc6c7ccccc7c7ccccc7c6c5)cc4c3)nc(-c3ccc4c(cnc5ccccc54)c3)n2)cc1. The van der Waals surface area contributed by atoms with Gasteiger partial charge in [-0.05, 0) is 89.9 Å². The summed E-state index contributed by atoms with van der Waals surface area (Å²) in [5, 5.41) is 13.3. The number of aromatic nitrogens is 4. The van der Waals surface area contributed by atoms with Gasteiger partial charge in [0, 0.05) is 33.7 Å². The normalized spacial score (nSPS) is 11.7. The van der Waals surface area contributed by atoms with Gasteiger partial charge in [0.1, 0.15) is 0 Å². The average molecular weight is 687 g/mol. The third-order valence-corrected chi connectivity index (χ3v) is 10.7. The van der Waals surface area contributed by atoms with E-state index in [1.165, 1.54) is 37.9 Å². The maximum Gasteiger partial charge on any atom is 0.164 e. The molecule has 4 nitrogen and oxygen atoms in total. The van der Waals surface area contributed by atoms with Crippen LogP contribution in [0.5, 0.6) is 0 Å². The zero-order valence-corrected chi connectivity index (χ0v) is 29.1. The van der Waals surface area contributed by atoms with Gasteiger partial charge in [0.2, 0.25) is 0 Å². The molecular formula is C50H30N4. The van der Waals surface area contributed by atoms with E-state index in [4.69, 9.17) is 19.9 Å². The summed E-state index contributed by atoms with van der Waals surface area (Å²) >= 11 is 0. The molecule has 0 aliphatic carbocycles. The summed E-state index contributed by atoms with van der Waals surface area (Å²) in [5.74, 6) is 1.89. The third-order valence-electron chi connectivity index (χ3n) is 10.7. The summed E-state index contributed by atoms with van der Waals surface area (Å²) in [6, 6.07) is 62.3. The van der Waals surface area contributed by atoms with Crippen LogP contribution in [0.15, 0.2) is 182 Å². The zero-order chi connectivity index (χ0) is 35.6. The molecule has 9 aromatic carbocycles. The fourth-order valence-electron chi connectivity index (χ4n) is 8.01. The Morgan fingerprint density at radius 2 is 0.722 bits per heavy atom. The molecule has 0 fully saturated rings. The predicted octanol–water partition coefficient (Wildman–Crippen LogP) is 12.9. The van der Waals surface area contributed by atoms with Crippen molar-refractivity contribution in [1.82, 2.24) is 19.9 Å². The van der Waals surface area contributed by atoms with E-state index in [2.05, 4.69) is 133 Å². The van der Waals surface area contributed by atoms with Crippen molar-refractivity contribution in [2.45, 2.75) is 0 Å². The molecule has 0 atom stereocenters. The molecule has 0 aliphatic heterocycles. The van der Waals surface area contributed by atoms with Crippen LogP contribution in [0.1, 0.15) is 0 Å². The molecule has 2 heterocycles. The molecule has 0 radical (unpaired) electrons. The minimum Gasteiger partial charge on any atom is -0.256 e. The fourth-order valence-corrected chi connectivity index (χ4v) is 8.01. The van der Waals surface area contributed by atoms with Gasteiger partial charge in [0.05, 0.1) is 5.52 Å². The molecule has 0 bridgehead atoms. The highest BCUT2D eigenvalue weighted by Gasteiger charge is 2.15. The smallest absolute Gasteiger partial charge is 0.164 e. The molecule has 0 spiro atoms. The number of rotatable bonds is 4. The molecular weight excluding hydrogens is 657 g/mol. The lowest BCUT2D eigenvalue weighted by atomic mass is 9.91. The molecule has 0 aliphatic rings. The number of nitrogens with zero attached hydrogens (tertiary/aromatic N) is 4. The minimum atomic E-state index is 0.624. The highest BCUT2D eigenvalue weighted by Crippen LogP contribution is 2.38. The Labute approximate surface area is 311 Å². The Kier molecular flexibility index (Phi) is 6.82. The largest absolute Gasteiger partial charge is 0.256 e. The number of benzene rings is 9. The van der Waals surface area contributed by atoms with Crippen molar-refractivity contribution in [3.63, 3.8) is 0 Å². The number of pyridine rings is 1. The lowest BCUT2D eigenvalue weighted by Gasteiger charge is -2.13. The lowest BCUT2D eigenvalue weighted by molar-refractivity contribution is 1.07. The summed E-state index contributed by atoms with van der Waals surface area (Å²) in [4.78, 5) is 19.9. The first-order valence-corrected chi connectivity index (χ1v) is 18.2. The molecule has 0 saturated carbocycles. The van der Waals surface area contributed by atoms with Crippen molar-refractivity contribution in [3.05, 3.63) is 182 Å². The highest BCUT2D eigenvalue weighted by molar-refractivity contribution is 6.25. The van der Waals surface area contributed by atoms with Crippen molar-refractivity contribution < 1.29 is 0 Å². The Bertz CT molecular complexity index is 3240. The minimum absolute atomic E-state index is 0.624. The lowest BCUT2D eigenvalue weighted by Crippen LogP contribution is -2.00. The van der Waals surface area contributed by atoms with E-state index in [0.717, 1.165) is 54.7 Å². The second-order valence-electron chi connectivity index (χ2n) is 13.9. The molecule has 0 amide bonds. The Morgan fingerprint density at radius 3 is 1.43 bits per heavy atom. The Hall–Kier alpha value is -7.30. The first-order valence-electron chi connectivity index (χ1n) is 18.2. The van der Waals surface area contributed by atoms with E-state index in [0.29, 0.717) is 17.5 Å². The van der Waals surface area contributed by atoms with E-state index in [1.54, 1.807) is 0 Å². The van der Waals surface area contributed by atoms with Gasteiger partial charge >= 0.3 is 0 Å². The molecule has 250 valence electrons. The van der Waals surface area contributed by atoms with Crippen molar-refractivity contribution in [3.8, 4) is 45.3 Å². The number of hydrogen-bond acceptors (Lipinski definition) is 4. The van der Waals surface area contributed by atoms with Crippen LogP contribution in [-0.2, 0) is 0 Å². The molecule has 0 saturated heterocycles. The van der Waals surface area contributed by atoms with Crippen LogP contribution < -0.4 is 0 Å². The molecule has 4 heteroatoms. The van der Waals surface area contributed by atoms with Crippen molar-refractivity contribution in [2.75, 3.05) is 0 Å². The van der Waals surface area contributed by atoms with E-state index in [-0.39, 0.29) is 0 Å². The summed E-state index contributed by atoms with van der Waals surface area (Å²) < 4.78 is 0. The number of fused-ring (bicyclic) bond motifs is 10. The van der Waals surface area contributed by atoms with Gasteiger partial charge in [-0.25, -0.2) is 15.0 Å². The number of hydrogen-bond donors (Lipinski definition) is 0. The Balaban J connectivity index is 1.04. The highest BCUT2D eigenvalue weighted by atomic mass is 15.0. The maximum atomic E-state index is 5.10. The third kappa shape index (κ3) is 5.00. The fraction of sp³-hybridized carbons (Fsp3) is 0. The summed E-state index contributed by atoms with van der Waals surface area (Å²) in [6.45, 7) is 0. The van der Waals surface area contributed by atoms with Crippen LogP contribution in [0.3, 0.4) is 0 Å². The van der Waals surface area contributed by atoms with Gasteiger partial charge in [0.15, 0.2) is 17.5 Å². The maximum absolute atomic E-state index is 5.10. The van der Waals surface area contributed by atoms with Gasteiger partial charge in [0.25, 0.3) is 0 Å². The first kappa shape index (κ1) is 30.3. The van der Waals surface area contributed by atoms with Crippen molar-refractivity contribution in [2.24, 2.45) is 0 Å². The van der Waals surface area contributed by atoms with Crippen LogP contribution in [0, 0.1) is 0 Å². The molecule has 11 rings (SSSR count). The zero-order valence-electron chi connectivity index (χ0n) is 29.1. The average Bonchev–Trinajstić information content (AvgIpc) is 3.26. The summed E-state index contributed by atoms with van der Waals surface area (Å²) in [7, 11) is 0. The predicted molar refractivity (Wildman–Crippen MR) is 224 cm³/mol. The number of para-hydroxylation sites is 1. The molecule has 0 N–H and O–H groups in total. The van der Waals surface area contributed by atoms with Gasteiger partial charge in [-0.15, -0.1) is 0 Å². The van der Waals surface area contributed by atoms with Crippen LogP contribution in [-0.4, -0.2) is 19.9 Å². The van der Waals surface area contributed by atoms with Crippen LogP contribution in [0.25, 0.3) is 110 Å². The summed E-state index contributed by atoms with van der Waals surface area (Å²) in [6.07, 6.45) is 1.93. The van der Waals surface area contributed by atoms with Gasteiger partial charge in [-0.3, -0.25) is 4.98 Å². The molecule has 0 unspecified atom stereocenters. The van der Waals surface area contributed by atoms with Gasteiger partial charge in [-0.2, -0.15) is 0 Å². The quantitative estimate of drug-likeness (QED) is 0.173. The van der Waals surface area contributed by atoms with Gasteiger partial charge < -0.3 is 0 Å². The van der Waals surface area contributed by atoms with Crippen molar-refractivity contribution in [1.29, 1.82) is 0 Å². The molecule has 2 aromatic heterocycles. The van der Waals surface area contributed by atoms with Gasteiger partial charge in [-0.1, -0.05) is 146 Å². The van der Waals surface area contributed by atoms with Crippen LogP contribution >= 0.6 is 0 Å². The molecule has 11 aromatic rings. The standard InChI is InChI=1S/C50H30N4/c1-2-10-32(11-3-1)48-52-49(54-50(53-48)36-23-24-39-38(28-36)30-51-47-17-9-8-16-45(39)47)35-21-19-31-18-20-33(26-37(31)27-35)34-22-25-44-42-14-5-4-12-40(42)41-13-6-7-15-43(41)46(44)29-34/h1-30H. The van der Waals surface area contributed by atoms with Crippen LogP contribution in [0.2, 0.25) is 0 Å². The topological polar surface area (TPSA) is 51.6 Å². The van der Waals surface area contributed by atoms with Crippen LogP contribution in [0.4, 0.5) is 0 Å². The monoisotopic (exact) mass is 686 g/mol. The van der Waals surface area contributed by atoms with E-state index in [1.807, 2.05) is 48.7 Å². The van der Waals surface area contributed by atoms with Crippen molar-refractivity contribution >= 4 is 64.8 Å². The second kappa shape index (κ2) is 12.1. The van der Waals surface area contributed by atoms with E-state index >= 15 is 0 Å². The van der Waals surface area contributed by atoms with E-state index < -0.39 is 0 Å². The summed E-state index contributed by atoms with van der Waals surface area (Å²) in [5.41, 5.74) is 6.12. The second-order valence-corrected chi connectivity index (χ2v) is 13.9. The first-order chi connectivity index (χ1) is 26.7. The molecule has 54 heavy (non-hydrogen) atoms. The Morgan fingerprint density at radius 1 is 0.259 bits per heavy atom. The van der Waals surface area contributed by atoms with E-state index in [9.17, 15) is 0 Å².